The van der Waals surface area contributed by atoms with E-state index in [1.54, 1.807) is 34.1 Å². The van der Waals surface area contributed by atoms with E-state index in [1.807, 2.05) is 24.3 Å². The summed E-state index contributed by atoms with van der Waals surface area (Å²) in [4.78, 5) is 28.6. The Morgan fingerprint density at radius 1 is 0.594 bits per heavy atom. The van der Waals surface area contributed by atoms with Crippen molar-refractivity contribution in [3.05, 3.63) is 95.6 Å². The standard InChI is InChI=1S/C24H18F2N2O2S2/c25-17-5-1-15(2-6-17)23-27(21(29)13-31-23)19-9-11-20(12-10-19)28-22(30)14-32-24(28)16-3-7-18(26)8-4-16/h1-12,23-24H,13-14H2. The monoisotopic (exact) mass is 468 g/mol. The van der Waals surface area contributed by atoms with E-state index in [4.69, 9.17) is 0 Å². The molecule has 5 rings (SSSR count). The zero-order valence-electron chi connectivity index (χ0n) is 16.8. The second-order valence-corrected chi connectivity index (χ2v) is 9.61. The summed E-state index contributed by atoms with van der Waals surface area (Å²) in [6.45, 7) is 0. The maximum atomic E-state index is 13.3. The van der Waals surface area contributed by atoms with Crippen LogP contribution in [0.2, 0.25) is 0 Å². The lowest BCUT2D eigenvalue weighted by atomic mass is 10.1. The molecule has 3 aromatic carbocycles. The third-order valence-corrected chi connectivity index (χ3v) is 7.88. The number of hydrogen-bond acceptors (Lipinski definition) is 4. The molecule has 2 unspecified atom stereocenters. The van der Waals surface area contributed by atoms with Crippen LogP contribution in [-0.2, 0) is 9.59 Å². The third-order valence-electron chi connectivity index (χ3n) is 5.45. The first-order valence-electron chi connectivity index (χ1n) is 9.99. The fraction of sp³-hybridized carbons (Fsp3) is 0.167. The van der Waals surface area contributed by atoms with Crippen molar-refractivity contribution in [2.75, 3.05) is 21.3 Å². The lowest BCUT2D eigenvalue weighted by Gasteiger charge is -2.27. The second kappa shape index (κ2) is 8.60. The fourth-order valence-electron chi connectivity index (χ4n) is 3.93. The van der Waals surface area contributed by atoms with Crippen molar-refractivity contribution in [3.8, 4) is 0 Å². The summed E-state index contributed by atoms with van der Waals surface area (Å²) in [6, 6.07) is 19.7. The Bertz CT molecular complexity index is 1060. The van der Waals surface area contributed by atoms with E-state index in [-0.39, 0.29) is 34.2 Å². The molecule has 2 atom stereocenters. The molecule has 0 bridgehead atoms. The normalized spacial score (nSPS) is 20.9. The van der Waals surface area contributed by atoms with E-state index in [1.165, 1.54) is 47.8 Å². The van der Waals surface area contributed by atoms with Crippen LogP contribution in [-0.4, -0.2) is 23.3 Å². The van der Waals surface area contributed by atoms with Gasteiger partial charge >= 0.3 is 0 Å². The van der Waals surface area contributed by atoms with Crippen LogP contribution in [0.15, 0.2) is 72.8 Å². The molecule has 0 N–H and O–H groups in total. The molecule has 2 aliphatic heterocycles. The molecule has 0 spiro atoms. The quantitative estimate of drug-likeness (QED) is 0.506. The van der Waals surface area contributed by atoms with E-state index >= 15 is 0 Å². The molecule has 8 heteroatoms. The Morgan fingerprint density at radius 2 is 0.938 bits per heavy atom. The van der Waals surface area contributed by atoms with Gasteiger partial charge in [-0.15, -0.1) is 23.5 Å². The minimum Gasteiger partial charge on any atom is -0.295 e. The number of benzene rings is 3. The van der Waals surface area contributed by atoms with Crippen LogP contribution in [0.5, 0.6) is 0 Å². The highest BCUT2D eigenvalue weighted by Crippen LogP contribution is 2.44. The third kappa shape index (κ3) is 3.89. The smallest absolute Gasteiger partial charge is 0.238 e. The van der Waals surface area contributed by atoms with Gasteiger partial charge in [-0.3, -0.25) is 19.4 Å². The van der Waals surface area contributed by atoms with Gasteiger partial charge in [-0.25, -0.2) is 8.78 Å². The number of carbonyl (C=O) groups is 2. The molecule has 0 aliphatic carbocycles. The van der Waals surface area contributed by atoms with Gasteiger partial charge in [0.15, 0.2) is 0 Å². The van der Waals surface area contributed by atoms with Gasteiger partial charge in [-0.1, -0.05) is 24.3 Å². The lowest BCUT2D eigenvalue weighted by Crippen LogP contribution is -2.29. The summed E-state index contributed by atoms with van der Waals surface area (Å²) in [6.07, 6.45) is 0. The fourth-order valence-corrected chi connectivity index (χ4v) is 6.28. The Hall–Kier alpha value is -2.84. The zero-order valence-corrected chi connectivity index (χ0v) is 18.4. The van der Waals surface area contributed by atoms with Crippen LogP contribution in [0.4, 0.5) is 20.2 Å². The molecule has 2 aliphatic rings. The van der Waals surface area contributed by atoms with Crippen LogP contribution in [0.3, 0.4) is 0 Å². The number of thioether (sulfide) groups is 2. The summed E-state index contributed by atoms with van der Waals surface area (Å²) in [5, 5.41) is -0.463. The summed E-state index contributed by atoms with van der Waals surface area (Å²) in [7, 11) is 0. The van der Waals surface area contributed by atoms with Crippen molar-refractivity contribution in [2.45, 2.75) is 10.7 Å². The molecule has 2 fully saturated rings. The van der Waals surface area contributed by atoms with Gasteiger partial charge in [0.05, 0.1) is 11.5 Å². The maximum absolute atomic E-state index is 13.3. The molecular weight excluding hydrogens is 450 g/mol. The van der Waals surface area contributed by atoms with E-state index in [0.717, 1.165) is 22.5 Å². The van der Waals surface area contributed by atoms with Gasteiger partial charge in [0, 0.05) is 11.4 Å². The van der Waals surface area contributed by atoms with Crippen molar-refractivity contribution in [1.29, 1.82) is 0 Å². The molecule has 2 amide bonds. The molecule has 3 aromatic rings. The van der Waals surface area contributed by atoms with Crippen molar-refractivity contribution in [1.82, 2.24) is 0 Å². The molecule has 0 aromatic heterocycles. The highest BCUT2D eigenvalue weighted by molar-refractivity contribution is 8.01. The van der Waals surface area contributed by atoms with Crippen molar-refractivity contribution in [2.24, 2.45) is 0 Å². The highest BCUT2D eigenvalue weighted by Gasteiger charge is 2.36. The number of halogens is 2. The van der Waals surface area contributed by atoms with Gasteiger partial charge in [0.2, 0.25) is 11.8 Å². The van der Waals surface area contributed by atoms with E-state index in [9.17, 15) is 18.4 Å². The Balaban J connectivity index is 1.42. The largest absolute Gasteiger partial charge is 0.295 e. The van der Waals surface area contributed by atoms with Gasteiger partial charge in [0.25, 0.3) is 0 Å². The minimum absolute atomic E-state index is 0.0194. The van der Waals surface area contributed by atoms with Crippen LogP contribution in [0, 0.1) is 11.6 Å². The highest BCUT2D eigenvalue weighted by atomic mass is 32.2. The first kappa shape index (κ1) is 21.0. The summed E-state index contributed by atoms with van der Waals surface area (Å²) in [5.74, 6) is 0.0175. The Labute approximate surface area is 192 Å². The van der Waals surface area contributed by atoms with E-state index in [0.29, 0.717) is 11.5 Å². The molecule has 162 valence electrons. The van der Waals surface area contributed by atoms with Crippen LogP contribution in [0.25, 0.3) is 0 Å². The van der Waals surface area contributed by atoms with E-state index in [2.05, 4.69) is 0 Å². The van der Waals surface area contributed by atoms with Crippen LogP contribution < -0.4 is 9.80 Å². The summed E-state index contributed by atoms with van der Waals surface area (Å²) >= 11 is 2.99. The molecule has 0 radical (unpaired) electrons. The number of anilines is 2. The SMILES string of the molecule is O=C1CSC(c2ccc(F)cc2)N1c1ccc(N2C(=O)CSC2c2ccc(F)cc2)cc1. The number of rotatable bonds is 4. The topological polar surface area (TPSA) is 40.6 Å². The van der Waals surface area contributed by atoms with Gasteiger partial charge < -0.3 is 0 Å². The van der Waals surface area contributed by atoms with E-state index < -0.39 is 0 Å². The van der Waals surface area contributed by atoms with Gasteiger partial charge in [-0.05, 0) is 59.7 Å². The maximum Gasteiger partial charge on any atom is 0.238 e. The molecule has 0 saturated carbocycles. The van der Waals surface area contributed by atoms with Crippen LogP contribution in [0.1, 0.15) is 21.9 Å². The summed E-state index contributed by atoms with van der Waals surface area (Å²) in [5.41, 5.74) is 3.15. The first-order valence-corrected chi connectivity index (χ1v) is 12.1. The number of amides is 2. The van der Waals surface area contributed by atoms with Gasteiger partial charge in [-0.2, -0.15) is 0 Å². The first-order chi connectivity index (χ1) is 15.5. The van der Waals surface area contributed by atoms with Crippen molar-refractivity contribution < 1.29 is 18.4 Å². The molecule has 2 saturated heterocycles. The number of nitrogens with zero attached hydrogens (tertiary/aromatic N) is 2. The van der Waals surface area contributed by atoms with Crippen molar-refractivity contribution >= 4 is 46.7 Å². The van der Waals surface area contributed by atoms with Crippen molar-refractivity contribution in [3.63, 3.8) is 0 Å². The molecular formula is C24H18F2N2O2S2. The number of carbonyl (C=O) groups excluding carboxylic acids is 2. The lowest BCUT2D eigenvalue weighted by molar-refractivity contribution is -0.116. The summed E-state index contributed by atoms with van der Waals surface area (Å²) < 4.78 is 26.7. The average Bonchev–Trinajstić information content (AvgIpc) is 3.38. The predicted molar refractivity (Wildman–Crippen MR) is 125 cm³/mol. The molecule has 32 heavy (non-hydrogen) atoms. The molecule has 4 nitrogen and oxygen atoms in total. The Morgan fingerprint density at radius 3 is 1.28 bits per heavy atom. The zero-order chi connectivity index (χ0) is 22.2. The molecule has 2 heterocycles. The minimum atomic E-state index is -0.317. The average molecular weight is 469 g/mol. The van der Waals surface area contributed by atoms with Crippen LogP contribution >= 0.6 is 23.5 Å². The Kier molecular flexibility index (Phi) is 5.65. The number of hydrogen-bond donors (Lipinski definition) is 0. The second-order valence-electron chi connectivity index (χ2n) is 7.47. The predicted octanol–water partition coefficient (Wildman–Crippen LogP) is 5.52. The van der Waals surface area contributed by atoms with Gasteiger partial charge in [0.1, 0.15) is 22.4 Å².